The van der Waals surface area contributed by atoms with Crippen LogP contribution in [0.4, 0.5) is 0 Å². The molecule has 0 aliphatic carbocycles. The average Bonchev–Trinajstić information content (AvgIpc) is 2.88. The minimum atomic E-state index is -0.220. The van der Waals surface area contributed by atoms with Gasteiger partial charge in [0.2, 0.25) is 5.91 Å². The van der Waals surface area contributed by atoms with Gasteiger partial charge in [-0.25, -0.2) is 0 Å². The second-order valence-electron chi connectivity index (χ2n) is 3.80. The normalized spacial score (nSPS) is 10.8. The van der Waals surface area contributed by atoms with Gasteiger partial charge in [-0.3, -0.25) is 4.79 Å². The van der Waals surface area contributed by atoms with E-state index in [9.17, 15) is 4.79 Å². The van der Waals surface area contributed by atoms with Crippen molar-refractivity contribution in [2.45, 2.75) is 6.54 Å². The summed E-state index contributed by atoms with van der Waals surface area (Å²) in [6.45, 7) is 0.345. The fraction of sp³-hybridized carbons (Fsp3) is 0.0714. The van der Waals surface area contributed by atoms with Crippen LogP contribution in [0.25, 0.3) is 6.08 Å². The summed E-state index contributed by atoms with van der Waals surface area (Å²) >= 11 is 11.8. The van der Waals surface area contributed by atoms with Gasteiger partial charge in [-0.1, -0.05) is 29.3 Å². The van der Waals surface area contributed by atoms with Gasteiger partial charge in [0.05, 0.1) is 6.26 Å². The molecule has 0 unspecified atom stereocenters. The molecule has 98 valence electrons. The van der Waals surface area contributed by atoms with E-state index in [2.05, 4.69) is 5.32 Å². The summed E-state index contributed by atoms with van der Waals surface area (Å²) in [5.74, 6) is 0.405. The Bertz CT molecular complexity index is 591. The lowest BCUT2D eigenvalue weighted by molar-refractivity contribution is -0.116. The minimum Gasteiger partial charge on any atom is -0.465 e. The Labute approximate surface area is 120 Å². The van der Waals surface area contributed by atoms with E-state index < -0.39 is 0 Å². The molecular formula is C14H11Cl2NO2. The summed E-state index contributed by atoms with van der Waals surface area (Å²) in [5.41, 5.74) is 0.811. The molecule has 5 heteroatoms. The number of carbonyl (C=O) groups excluding carboxylic acids is 1. The number of nitrogens with one attached hydrogen (secondary N) is 1. The molecule has 0 atom stereocenters. The Kier molecular flexibility index (Phi) is 4.66. The average molecular weight is 296 g/mol. The zero-order chi connectivity index (χ0) is 13.7. The van der Waals surface area contributed by atoms with Crippen LogP contribution in [-0.4, -0.2) is 5.91 Å². The Balaban J connectivity index is 1.90. The molecule has 1 heterocycles. The first-order valence-corrected chi connectivity index (χ1v) is 6.34. The Hall–Kier alpha value is -1.71. The first kappa shape index (κ1) is 13.7. The fourth-order valence-corrected chi connectivity index (χ4v) is 1.93. The van der Waals surface area contributed by atoms with Crippen LogP contribution in [0.2, 0.25) is 10.0 Å². The van der Waals surface area contributed by atoms with Crippen LogP contribution in [0.5, 0.6) is 0 Å². The van der Waals surface area contributed by atoms with Crippen molar-refractivity contribution in [3.05, 3.63) is 64.0 Å². The molecule has 0 radical (unpaired) electrons. The van der Waals surface area contributed by atoms with Gasteiger partial charge in [0.15, 0.2) is 0 Å². The van der Waals surface area contributed by atoms with Crippen molar-refractivity contribution in [2.24, 2.45) is 0 Å². The standard InChI is InChI=1S/C14H11Cl2NO2/c15-11-4-3-10(13(16)8-11)9-17-14(18)6-5-12-2-1-7-19-12/h1-8H,9H2,(H,17,18)/b6-5+. The number of hydrogen-bond donors (Lipinski definition) is 1. The summed E-state index contributed by atoms with van der Waals surface area (Å²) in [6.07, 6.45) is 4.55. The van der Waals surface area contributed by atoms with Gasteiger partial charge >= 0.3 is 0 Å². The number of amides is 1. The smallest absolute Gasteiger partial charge is 0.244 e. The molecule has 0 spiro atoms. The summed E-state index contributed by atoms with van der Waals surface area (Å²) in [4.78, 5) is 11.6. The van der Waals surface area contributed by atoms with E-state index in [0.717, 1.165) is 5.56 Å². The van der Waals surface area contributed by atoms with Crippen molar-refractivity contribution in [1.29, 1.82) is 0 Å². The molecule has 0 saturated heterocycles. The first-order valence-electron chi connectivity index (χ1n) is 5.58. The van der Waals surface area contributed by atoms with Gasteiger partial charge in [-0.15, -0.1) is 0 Å². The van der Waals surface area contributed by atoms with Crippen molar-refractivity contribution in [1.82, 2.24) is 5.32 Å². The molecule has 0 aliphatic rings. The Morgan fingerprint density at radius 1 is 1.32 bits per heavy atom. The predicted molar refractivity (Wildman–Crippen MR) is 76.1 cm³/mol. The summed E-state index contributed by atoms with van der Waals surface area (Å²) in [7, 11) is 0. The lowest BCUT2D eigenvalue weighted by atomic mass is 10.2. The van der Waals surface area contributed by atoms with Crippen LogP contribution >= 0.6 is 23.2 Å². The second-order valence-corrected chi connectivity index (χ2v) is 4.65. The van der Waals surface area contributed by atoms with E-state index >= 15 is 0 Å². The van der Waals surface area contributed by atoms with Crippen molar-refractivity contribution in [2.75, 3.05) is 0 Å². The van der Waals surface area contributed by atoms with Gasteiger partial charge in [-0.05, 0) is 35.9 Å². The molecule has 0 aliphatic heterocycles. The third-order valence-corrected chi connectivity index (χ3v) is 3.00. The minimum absolute atomic E-state index is 0.220. The fourth-order valence-electron chi connectivity index (χ4n) is 1.45. The molecule has 3 nitrogen and oxygen atoms in total. The van der Waals surface area contributed by atoms with Gasteiger partial charge in [0.25, 0.3) is 0 Å². The molecule has 1 N–H and O–H groups in total. The molecule has 0 saturated carbocycles. The zero-order valence-corrected chi connectivity index (χ0v) is 11.4. The zero-order valence-electron chi connectivity index (χ0n) is 9.90. The van der Waals surface area contributed by atoms with Crippen LogP contribution < -0.4 is 5.32 Å². The Morgan fingerprint density at radius 3 is 2.84 bits per heavy atom. The van der Waals surface area contributed by atoms with E-state index in [-0.39, 0.29) is 5.91 Å². The molecule has 1 aromatic heterocycles. The molecule has 19 heavy (non-hydrogen) atoms. The van der Waals surface area contributed by atoms with Crippen molar-refractivity contribution in [3.63, 3.8) is 0 Å². The maximum atomic E-state index is 11.6. The highest BCUT2D eigenvalue weighted by atomic mass is 35.5. The van der Waals surface area contributed by atoms with E-state index in [4.69, 9.17) is 27.6 Å². The van der Waals surface area contributed by atoms with Crippen molar-refractivity contribution in [3.8, 4) is 0 Å². The number of furan rings is 1. The SMILES string of the molecule is O=C(/C=C/c1ccco1)NCc1ccc(Cl)cc1Cl. The summed E-state index contributed by atoms with van der Waals surface area (Å²) in [5, 5.41) is 3.82. The lowest BCUT2D eigenvalue weighted by Crippen LogP contribution is -2.20. The topological polar surface area (TPSA) is 42.2 Å². The van der Waals surface area contributed by atoms with E-state index in [1.807, 2.05) is 0 Å². The maximum Gasteiger partial charge on any atom is 0.244 e. The number of benzene rings is 1. The molecule has 2 rings (SSSR count). The largest absolute Gasteiger partial charge is 0.465 e. The highest BCUT2D eigenvalue weighted by molar-refractivity contribution is 6.35. The number of rotatable bonds is 4. The predicted octanol–water partition coefficient (Wildman–Crippen LogP) is 3.92. The van der Waals surface area contributed by atoms with Crippen LogP contribution in [0.1, 0.15) is 11.3 Å². The van der Waals surface area contributed by atoms with Crippen LogP contribution in [0, 0.1) is 0 Å². The number of halogens is 2. The van der Waals surface area contributed by atoms with Gasteiger partial charge in [0, 0.05) is 22.7 Å². The second kappa shape index (κ2) is 6.45. The van der Waals surface area contributed by atoms with E-state index in [1.54, 1.807) is 42.7 Å². The van der Waals surface area contributed by atoms with Crippen LogP contribution in [0.15, 0.2) is 47.1 Å². The van der Waals surface area contributed by atoms with Crippen LogP contribution in [0.3, 0.4) is 0 Å². The van der Waals surface area contributed by atoms with Crippen LogP contribution in [-0.2, 0) is 11.3 Å². The summed E-state index contributed by atoms with van der Waals surface area (Å²) < 4.78 is 5.08. The number of carbonyl (C=O) groups is 1. The lowest BCUT2D eigenvalue weighted by Gasteiger charge is -2.05. The molecule has 0 bridgehead atoms. The highest BCUT2D eigenvalue weighted by Gasteiger charge is 2.02. The molecule has 1 aromatic carbocycles. The van der Waals surface area contributed by atoms with E-state index in [0.29, 0.717) is 22.4 Å². The van der Waals surface area contributed by atoms with Crippen molar-refractivity contribution < 1.29 is 9.21 Å². The molecule has 0 fully saturated rings. The monoisotopic (exact) mass is 295 g/mol. The molecule has 2 aromatic rings. The maximum absolute atomic E-state index is 11.6. The molecular weight excluding hydrogens is 285 g/mol. The third-order valence-electron chi connectivity index (χ3n) is 2.41. The van der Waals surface area contributed by atoms with E-state index in [1.165, 1.54) is 6.08 Å². The highest BCUT2D eigenvalue weighted by Crippen LogP contribution is 2.20. The molecule has 1 amide bonds. The Morgan fingerprint density at radius 2 is 2.16 bits per heavy atom. The van der Waals surface area contributed by atoms with Gasteiger partial charge in [0.1, 0.15) is 5.76 Å². The van der Waals surface area contributed by atoms with Gasteiger partial charge < -0.3 is 9.73 Å². The third kappa shape index (κ3) is 4.16. The number of hydrogen-bond acceptors (Lipinski definition) is 2. The summed E-state index contributed by atoms with van der Waals surface area (Å²) in [6, 6.07) is 8.67. The van der Waals surface area contributed by atoms with Gasteiger partial charge in [-0.2, -0.15) is 0 Å². The quantitative estimate of drug-likeness (QED) is 0.869. The van der Waals surface area contributed by atoms with Crippen molar-refractivity contribution >= 4 is 35.2 Å². The first-order chi connectivity index (χ1) is 9.15.